The highest BCUT2D eigenvalue weighted by Crippen LogP contribution is 2.27. The van der Waals surface area contributed by atoms with Gasteiger partial charge in [-0.2, -0.15) is 0 Å². The Morgan fingerprint density at radius 1 is 1.12 bits per heavy atom. The van der Waals surface area contributed by atoms with Gasteiger partial charge in [-0.05, 0) is 69.0 Å². The van der Waals surface area contributed by atoms with Crippen LogP contribution in [0, 0.1) is 11.7 Å². The molecule has 0 atom stereocenters. The number of likely N-dealkylation sites (tertiary alicyclic amines) is 1. The van der Waals surface area contributed by atoms with E-state index in [-0.39, 0.29) is 18.3 Å². The Balaban J connectivity index is 1.31. The molecule has 1 aliphatic carbocycles. The molecule has 5 heteroatoms. The van der Waals surface area contributed by atoms with E-state index >= 15 is 0 Å². The number of hydrogen-bond acceptors (Lipinski definition) is 3. The summed E-state index contributed by atoms with van der Waals surface area (Å²) in [4.78, 5) is 14.5. The number of nitrogens with zero attached hydrogens (tertiary/aromatic N) is 1. The first kappa shape index (κ1) is 17.2. The highest BCUT2D eigenvalue weighted by molar-refractivity contribution is 5.77. The van der Waals surface area contributed by atoms with Crippen molar-refractivity contribution in [3.8, 4) is 5.75 Å². The minimum absolute atomic E-state index is 0.0213. The van der Waals surface area contributed by atoms with Crippen LogP contribution in [0.1, 0.15) is 38.5 Å². The zero-order valence-corrected chi connectivity index (χ0v) is 14.2. The van der Waals surface area contributed by atoms with Crippen LogP contribution in [-0.4, -0.2) is 43.1 Å². The maximum atomic E-state index is 12.8. The van der Waals surface area contributed by atoms with Gasteiger partial charge in [0, 0.05) is 12.6 Å². The van der Waals surface area contributed by atoms with Gasteiger partial charge < -0.3 is 15.0 Å². The van der Waals surface area contributed by atoms with Crippen molar-refractivity contribution in [1.29, 1.82) is 0 Å². The summed E-state index contributed by atoms with van der Waals surface area (Å²) in [5.41, 5.74) is 0. The molecule has 1 saturated heterocycles. The SMILES string of the molecule is O=C(COc1ccc(F)cc1)NCC1CCN(C2CCCC2)CC1. The number of rotatable bonds is 6. The van der Waals surface area contributed by atoms with Gasteiger partial charge in [0.15, 0.2) is 6.61 Å². The zero-order chi connectivity index (χ0) is 16.8. The first-order valence-electron chi connectivity index (χ1n) is 9.10. The van der Waals surface area contributed by atoms with Gasteiger partial charge in [-0.1, -0.05) is 12.8 Å². The molecule has 1 heterocycles. The van der Waals surface area contributed by atoms with Gasteiger partial charge in [-0.15, -0.1) is 0 Å². The van der Waals surface area contributed by atoms with Crippen LogP contribution in [0.25, 0.3) is 0 Å². The third-order valence-electron chi connectivity index (χ3n) is 5.26. The molecule has 0 aromatic heterocycles. The van der Waals surface area contributed by atoms with Gasteiger partial charge in [0.05, 0.1) is 0 Å². The molecule has 3 rings (SSSR count). The Bertz CT molecular complexity index is 521. The van der Waals surface area contributed by atoms with Crippen molar-refractivity contribution < 1.29 is 13.9 Å². The van der Waals surface area contributed by atoms with Crippen LogP contribution in [0.5, 0.6) is 5.75 Å². The van der Waals surface area contributed by atoms with E-state index in [4.69, 9.17) is 4.74 Å². The summed E-state index contributed by atoms with van der Waals surface area (Å²) in [5, 5.41) is 2.96. The van der Waals surface area contributed by atoms with Gasteiger partial charge in [-0.25, -0.2) is 4.39 Å². The van der Waals surface area contributed by atoms with Gasteiger partial charge in [0.2, 0.25) is 0 Å². The quantitative estimate of drug-likeness (QED) is 0.870. The normalized spacial score (nSPS) is 20.2. The van der Waals surface area contributed by atoms with Gasteiger partial charge >= 0.3 is 0 Å². The molecule has 0 bridgehead atoms. The second-order valence-electron chi connectivity index (χ2n) is 6.96. The topological polar surface area (TPSA) is 41.6 Å². The van der Waals surface area contributed by atoms with E-state index in [0.29, 0.717) is 11.7 Å². The first-order chi connectivity index (χ1) is 11.7. The fourth-order valence-corrected chi connectivity index (χ4v) is 3.78. The van der Waals surface area contributed by atoms with Crippen LogP contribution in [-0.2, 0) is 4.79 Å². The minimum Gasteiger partial charge on any atom is -0.484 e. The number of hydrogen-bond donors (Lipinski definition) is 1. The van der Waals surface area contributed by atoms with Crippen LogP contribution in [0.4, 0.5) is 4.39 Å². The molecule has 1 N–H and O–H groups in total. The van der Waals surface area contributed by atoms with E-state index in [1.165, 1.54) is 49.9 Å². The largest absolute Gasteiger partial charge is 0.484 e. The molecule has 1 amide bonds. The van der Waals surface area contributed by atoms with Crippen LogP contribution < -0.4 is 10.1 Å². The Kier molecular flexibility index (Phi) is 6.07. The summed E-state index contributed by atoms with van der Waals surface area (Å²) in [7, 11) is 0. The number of piperidine rings is 1. The predicted molar refractivity (Wildman–Crippen MR) is 91.5 cm³/mol. The van der Waals surface area contributed by atoms with Crippen molar-refractivity contribution in [2.24, 2.45) is 5.92 Å². The summed E-state index contributed by atoms with van der Waals surface area (Å²) < 4.78 is 18.2. The Morgan fingerprint density at radius 2 is 1.79 bits per heavy atom. The lowest BCUT2D eigenvalue weighted by atomic mass is 9.95. The highest BCUT2D eigenvalue weighted by atomic mass is 19.1. The number of ether oxygens (including phenoxy) is 1. The van der Waals surface area contributed by atoms with Crippen molar-refractivity contribution in [1.82, 2.24) is 10.2 Å². The molecular weight excluding hydrogens is 307 g/mol. The Hall–Kier alpha value is -1.62. The first-order valence-corrected chi connectivity index (χ1v) is 9.10. The number of carbonyl (C=O) groups excluding carboxylic acids is 1. The van der Waals surface area contributed by atoms with Crippen molar-refractivity contribution in [2.75, 3.05) is 26.2 Å². The molecule has 1 aromatic rings. The maximum absolute atomic E-state index is 12.8. The molecule has 132 valence electrons. The fraction of sp³-hybridized carbons (Fsp3) is 0.632. The number of benzene rings is 1. The van der Waals surface area contributed by atoms with Crippen molar-refractivity contribution in [3.05, 3.63) is 30.1 Å². The smallest absolute Gasteiger partial charge is 0.257 e. The second kappa shape index (κ2) is 8.47. The van der Waals surface area contributed by atoms with Gasteiger partial charge in [0.25, 0.3) is 5.91 Å². The van der Waals surface area contributed by atoms with Crippen molar-refractivity contribution in [2.45, 2.75) is 44.6 Å². The van der Waals surface area contributed by atoms with E-state index in [9.17, 15) is 9.18 Å². The number of halogens is 1. The third kappa shape index (κ3) is 4.94. The minimum atomic E-state index is -0.309. The molecule has 1 saturated carbocycles. The fourth-order valence-electron chi connectivity index (χ4n) is 3.78. The number of nitrogens with one attached hydrogen (secondary N) is 1. The standard InChI is InChI=1S/C19H27FN2O2/c20-16-5-7-18(8-6-16)24-14-19(23)21-13-15-9-11-22(12-10-15)17-3-1-2-4-17/h5-8,15,17H,1-4,9-14H2,(H,21,23). The average Bonchev–Trinajstić information content (AvgIpc) is 3.14. The lowest BCUT2D eigenvalue weighted by Gasteiger charge is -2.36. The van der Waals surface area contributed by atoms with E-state index in [0.717, 1.165) is 38.5 Å². The Morgan fingerprint density at radius 3 is 2.46 bits per heavy atom. The van der Waals surface area contributed by atoms with E-state index in [1.54, 1.807) is 0 Å². The summed E-state index contributed by atoms with van der Waals surface area (Å²) >= 11 is 0. The van der Waals surface area contributed by atoms with E-state index < -0.39 is 0 Å². The van der Waals surface area contributed by atoms with Crippen LogP contribution in [0.15, 0.2) is 24.3 Å². The average molecular weight is 334 g/mol. The number of carbonyl (C=O) groups is 1. The van der Waals surface area contributed by atoms with Gasteiger partial charge in [0.1, 0.15) is 11.6 Å². The molecule has 1 aromatic carbocycles. The predicted octanol–water partition coefficient (Wildman–Crippen LogP) is 2.98. The Labute approximate surface area is 143 Å². The molecule has 1 aliphatic heterocycles. The molecule has 24 heavy (non-hydrogen) atoms. The summed E-state index contributed by atoms with van der Waals surface area (Å²) in [6, 6.07) is 6.52. The molecule has 2 aliphatic rings. The highest BCUT2D eigenvalue weighted by Gasteiger charge is 2.27. The van der Waals surface area contributed by atoms with Crippen molar-refractivity contribution in [3.63, 3.8) is 0 Å². The van der Waals surface area contributed by atoms with Gasteiger partial charge in [-0.3, -0.25) is 4.79 Å². The lowest BCUT2D eigenvalue weighted by molar-refractivity contribution is -0.123. The molecular formula is C19H27FN2O2. The molecule has 2 fully saturated rings. The summed E-state index contributed by atoms with van der Waals surface area (Å²) in [6.45, 7) is 3.03. The summed E-state index contributed by atoms with van der Waals surface area (Å²) in [5.74, 6) is 0.655. The molecule has 4 nitrogen and oxygen atoms in total. The molecule has 0 unspecified atom stereocenters. The van der Waals surface area contributed by atoms with Crippen LogP contribution >= 0.6 is 0 Å². The molecule has 0 spiro atoms. The second-order valence-corrected chi connectivity index (χ2v) is 6.96. The maximum Gasteiger partial charge on any atom is 0.257 e. The summed E-state index contributed by atoms with van der Waals surface area (Å²) in [6.07, 6.45) is 7.82. The zero-order valence-electron chi connectivity index (χ0n) is 14.2. The van der Waals surface area contributed by atoms with Crippen LogP contribution in [0.3, 0.4) is 0 Å². The lowest BCUT2D eigenvalue weighted by Crippen LogP contribution is -2.43. The monoisotopic (exact) mass is 334 g/mol. The molecule has 0 radical (unpaired) electrons. The van der Waals surface area contributed by atoms with Crippen molar-refractivity contribution >= 4 is 5.91 Å². The van der Waals surface area contributed by atoms with Crippen LogP contribution in [0.2, 0.25) is 0 Å². The van der Waals surface area contributed by atoms with E-state index in [2.05, 4.69) is 10.2 Å². The van der Waals surface area contributed by atoms with E-state index in [1.807, 2.05) is 0 Å². The number of amides is 1. The third-order valence-corrected chi connectivity index (χ3v) is 5.26.